The summed E-state index contributed by atoms with van der Waals surface area (Å²) in [6, 6.07) is 10.2. The van der Waals surface area contributed by atoms with Crippen LogP contribution in [0.15, 0.2) is 55.2 Å². The average molecular weight is 350 g/mol. The molecule has 0 radical (unpaired) electrons. The Morgan fingerprint density at radius 3 is 2.31 bits per heavy atom. The highest BCUT2D eigenvalue weighted by Gasteiger charge is 2.09. The lowest BCUT2D eigenvalue weighted by Crippen LogP contribution is -2.18. The Labute approximate surface area is 150 Å². The maximum atomic E-state index is 12.3. The van der Waals surface area contributed by atoms with Crippen LogP contribution in [0.1, 0.15) is 24.2 Å². The van der Waals surface area contributed by atoms with Crippen LogP contribution in [0.2, 0.25) is 0 Å². The van der Waals surface area contributed by atoms with Crippen molar-refractivity contribution < 1.29 is 9.59 Å². The van der Waals surface area contributed by atoms with Crippen molar-refractivity contribution in [2.24, 2.45) is 5.92 Å². The van der Waals surface area contributed by atoms with Crippen molar-refractivity contribution in [1.29, 1.82) is 0 Å². The van der Waals surface area contributed by atoms with E-state index in [0.717, 1.165) is 0 Å². The summed E-state index contributed by atoms with van der Waals surface area (Å²) in [4.78, 5) is 32.1. The van der Waals surface area contributed by atoms with E-state index in [-0.39, 0.29) is 17.7 Å². The van der Waals surface area contributed by atoms with Crippen LogP contribution in [0.3, 0.4) is 0 Å². The van der Waals surface area contributed by atoms with Gasteiger partial charge >= 0.3 is 0 Å². The predicted molar refractivity (Wildman–Crippen MR) is 97.0 cm³/mol. The average Bonchev–Trinajstić information content (AvgIpc) is 3.17. The number of carbonyl (C=O) groups excluding carboxylic acids is 2. The van der Waals surface area contributed by atoms with Gasteiger partial charge in [0.15, 0.2) is 5.82 Å². The molecule has 8 nitrogen and oxygen atoms in total. The van der Waals surface area contributed by atoms with Gasteiger partial charge in [0.2, 0.25) is 5.91 Å². The number of carbonyl (C=O) groups is 2. The van der Waals surface area contributed by atoms with Crippen molar-refractivity contribution in [2.75, 3.05) is 10.6 Å². The summed E-state index contributed by atoms with van der Waals surface area (Å²) in [7, 11) is 0. The minimum Gasteiger partial charge on any atom is -0.326 e. The van der Waals surface area contributed by atoms with Crippen LogP contribution in [-0.4, -0.2) is 31.6 Å². The van der Waals surface area contributed by atoms with Gasteiger partial charge in [0, 0.05) is 17.2 Å². The molecule has 2 aromatic heterocycles. The third-order valence-corrected chi connectivity index (χ3v) is 3.60. The lowest BCUT2D eigenvalue weighted by Gasteiger charge is -2.09. The van der Waals surface area contributed by atoms with E-state index in [9.17, 15) is 9.59 Å². The summed E-state index contributed by atoms with van der Waals surface area (Å²) in [5.41, 5.74) is 1.70. The maximum absolute atomic E-state index is 12.3. The molecule has 2 N–H and O–H groups in total. The molecule has 26 heavy (non-hydrogen) atoms. The molecule has 3 rings (SSSR count). The second kappa shape index (κ2) is 7.56. The maximum Gasteiger partial charge on any atom is 0.255 e. The van der Waals surface area contributed by atoms with Crippen molar-refractivity contribution in [2.45, 2.75) is 13.8 Å². The summed E-state index contributed by atoms with van der Waals surface area (Å²) in [5.74, 6) is 0.166. The highest BCUT2D eigenvalue weighted by Crippen LogP contribution is 2.14. The Hall–Kier alpha value is -3.55. The van der Waals surface area contributed by atoms with Crippen molar-refractivity contribution >= 4 is 23.2 Å². The third kappa shape index (κ3) is 4.10. The first kappa shape index (κ1) is 17.3. The van der Waals surface area contributed by atoms with Crippen LogP contribution in [0.4, 0.5) is 11.4 Å². The number of nitrogens with zero attached hydrogens (tertiary/aromatic N) is 4. The topological polar surface area (TPSA) is 102 Å². The van der Waals surface area contributed by atoms with Crippen molar-refractivity contribution in [3.8, 4) is 5.82 Å². The molecular weight excluding hydrogens is 332 g/mol. The first-order valence-corrected chi connectivity index (χ1v) is 8.06. The van der Waals surface area contributed by atoms with Gasteiger partial charge < -0.3 is 10.6 Å². The molecule has 2 amide bonds. The van der Waals surface area contributed by atoms with E-state index in [1.54, 1.807) is 48.9 Å². The normalized spacial score (nSPS) is 10.6. The molecule has 0 spiro atoms. The van der Waals surface area contributed by atoms with Gasteiger partial charge in [-0.25, -0.2) is 14.6 Å². The summed E-state index contributed by atoms with van der Waals surface area (Å²) in [5, 5.41) is 9.55. The molecule has 0 atom stereocenters. The van der Waals surface area contributed by atoms with Gasteiger partial charge in [-0.15, -0.1) is 0 Å². The van der Waals surface area contributed by atoms with Gasteiger partial charge in [-0.2, -0.15) is 5.10 Å². The first-order chi connectivity index (χ1) is 12.5. The van der Waals surface area contributed by atoms with Crippen LogP contribution in [0, 0.1) is 5.92 Å². The van der Waals surface area contributed by atoms with Gasteiger partial charge in [-0.05, 0) is 36.4 Å². The van der Waals surface area contributed by atoms with Gasteiger partial charge in [0.05, 0.1) is 11.9 Å². The molecule has 2 heterocycles. The number of benzene rings is 1. The lowest BCUT2D eigenvalue weighted by atomic mass is 10.1. The number of rotatable bonds is 5. The van der Waals surface area contributed by atoms with Crippen LogP contribution >= 0.6 is 0 Å². The number of nitrogens with one attached hydrogen (secondary N) is 2. The fourth-order valence-electron chi connectivity index (χ4n) is 2.12. The fourth-order valence-corrected chi connectivity index (χ4v) is 2.12. The fraction of sp³-hybridized carbons (Fsp3) is 0.167. The van der Waals surface area contributed by atoms with Crippen LogP contribution < -0.4 is 10.6 Å². The molecule has 0 saturated heterocycles. The Bertz CT molecular complexity index is 886. The molecule has 8 heteroatoms. The summed E-state index contributed by atoms with van der Waals surface area (Å²) < 4.78 is 1.52. The molecule has 3 aromatic rings. The molecule has 0 aliphatic rings. The van der Waals surface area contributed by atoms with E-state index >= 15 is 0 Å². The Morgan fingerprint density at radius 2 is 1.73 bits per heavy atom. The molecular formula is C18H18N6O2. The van der Waals surface area contributed by atoms with Crippen molar-refractivity contribution in [1.82, 2.24) is 19.7 Å². The molecule has 1 aromatic carbocycles. The van der Waals surface area contributed by atoms with Crippen LogP contribution in [-0.2, 0) is 4.79 Å². The Kier molecular flexibility index (Phi) is 5.02. The number of hydrogen-bond acceptors (Lipinski definition) is 5. The standard InChI is InChI=1S/C18H18N6O2/c1-12(2)17(25)22-14-5-3-13(4-6-14)18(26)23-15-7-8-16(20-9-15)24-11-19-10-21-24/h3-12H,1-2H3,(H,22,25)(H,23,26). The monoisotopic (exact) mass is 350 g/mol. The molecule has 0 aliphatic carbocycles. The summed E-state index contributed by atoms with van der Waals surface area (Å²) in [6.07, 6.45) is 4.51. The lowest BCUT2D eigenvalue weighted by molar-refractivity contribution is -0.118. The van der Waals surface area contributed by atoms with E-state index in [4.69, 9.17) is 0 Å². The van der Waals surface area contributed by atoms with Gasteiger partial charge in [-0.3, -0.25) is 9.59 Å². The summed E-state index contributed by atoms with van der Waals surface area (Å²) in [6.45, 7) is 3.64. The van der Waals surface area contributed by atoms with E-state index < -0.39 is 0 Å². The first-order valence-electron chi connectivity index (χ1n) is 8.06. The number of pyridine rings is 1. The predicted octanol–water partition coefficient (Wildman–Crippen LogP) is 2.51. The quantitative estimate of drug-likeness (QED) is 0.736. The highest BCUT2D eigenvalue weighted by atomic mass is 16.2. The minimum absolute atomic E-state index is 0.0688. The molecule has 0 saturated carbocycles. The molecule has 0 bridgehead atoms. The second-order valence-electron chi connectivity index (χ2n) is 5.92. The smallest absolute Gasteiger partial charge is 0.255 e. The second-order valence-corrected chi connectivity index (χ2v) is 5.92. The molecule has 132 valence electrons. The number of amides is 2. The molecule has 0 unspecified atom stereocenters. The number of anilines is 2. The Balaban J connectivity index is 1.63. The van der Waals surface area contributed by atoms with Gasteiger partial charge in [-0.1, -0.05) is 13.8 Å². The largest absolute Gasteiger partial charge is 0.326 e. The zero-order chi connectivity index (χ0) is 18.5. The summed E-state index contributed by atoms with van der Waals surface area (Å²) >= 11 is 0. The minimum atomic E-state index is -0.262. The zero-order valence-electron chi connectivity index (χ0n) is 14.4. The van der Waals surface area contributed by atoms with E-state index in [1.165, 1.54) is 11.0 Å². The number of hydrogen-bond donors (Lipinski definition) is 2. The van der Waals surface area contributed by atoms with E-state index in [2.05, 4.69) is 25.7 Å². The Morgan fingerprint density at radius 1 is 1.00 bits per heavy atom. The van der Waals surface area contributed by atoms with E-state index in [0.29, 0.717) is 22.8 Å². The highest BCUT2D eigenvalue weighted by molar-refractivity contribution is 6.04. The zero-order valence-corrected chi connectivity index (χ0v) is 14.4. The van der Waals surface area contributed by atoms with Crippen molar-refractivity contribution in [3.05, 3.63) is 60.8 Å². The van der Waals surface area contributed by atoms with Crippen LogP contribution in [0.5, 0.6) is 0 Å². The third-order valence-electron chi connectivity index (χ3n) is 3.60. The molecule has 0 fully saturated rings. The van der Waals surface area contributed by atoms with Gasteiger partial charge in [0.25, 0.3) is 5.91 Å². The van der Waals surface area contributed by atoms with Crippen LogP contribution in [0.25, 0.3) is 5.82 Å². The van der Waals surface area contributed by atoms with Crippen molar-refractivity contribution in [3.63, 3.8) is 0 Å². The van der Waals surface area contributed by atoms with E-state index in [1.807, 2.05) is 13.8 Å². The SMILES string of the molecule is CC(C)C(=O)Nc1ccc(C(=O)Nc2ccc(-n3cncn3)nc2)cc1. The molecule has 0 aliphatic heterocycles. The van der Waals surface area contributed by atoms with Gasteiger partial charge in [0.1, 0.15) is 12.7 Å². The number of aromatic nitrogens is 4.